The molecule has 0 saturated carbocycles. The summed E-state index contributed by atoms with van der Waals surface area (Å²) in [6.07, 6.45) is 1.12. The second kappa shape index (κ2) is 4.35. The molecule has 0 N–H and O–H groups in total. The van der Waals surface area contributed by atoms with Crippen LogP contribution in [0.1, 0.15) is 23.7 Å². The van der Waals surface area contributed by atoms with Gasteiger partial charge in [-0.2, -0.15) is 0 Å². The van der Waals surface area contributed by atoms with Crippen LogP contribution in [0.5, 0.6) is 0 Å². The van der Waals surface area contributed by atoms with Crippen molar-refractivity contribution in [1.29, 1.82) is 0 Å². The fourth-order valence-corrected chi connectivity index (χ4v) is 2.32. The van der Waals surface area contributed by atoms with E-state index in [1.807, 2.05) is 29.2 Å². The minimum atomic E-state index is 0.153. The zero-order valence-electron chi connectivity index (χ0n) is 8.74. The fraction of sp³-hybridized carbons (Fsp3) is 0.417. The molecule has 1 atom stereocenters. The SMILES string of the molecule is CC1CCN(C(=O)c2cccc(Br)c2)C1. The van der Waals surface area contributed by atoms with E-state index in [0.29, 0.717) is 5.92 Å². The first kappa shape index (κ1) is 10.7. The van der Waals surface area contributed by atoms with Crippen LogP contribution in [0.4, 0.5) is 0 Å². The standard InChI is InChI=1S/C12H14BrNO/c1-9-5-6-14(8-9)12(15)10-3-2-4-11(13)7-10/h2-4,7,9H,5-6,8H2,1H3. The Labute approximate surface area is 98.4 Å². The van der Waals surface area contributed by atoms with Crippen molar-refractivity contribution in [3.8, 4) is 0 Å². The van der Waals surface area contributed by atoms with Crippen LogP contribution in [-0.2, 0) is 0 Å². The number of carbonyl (C=O) groups excluding carboxylic acids is 1. The maximum Gasteiger partial charge on any atom is 0.253 e. The van der Waals surface area contributed by atoms with E-state index >= 15 is 0 Å². The van der Waals surface area contributed by atoms with Crippen molar-refractivity contribution in [1.82, 2.24) is 4.90 Å². The number of amides is 1. The van der Waals surface area contributed by atoms with Crippen LogP contribution >= 0.6 is 15.9 Å². The summed E-state index contributed by atoms with van der Waals surface area (Å²) < 4.78 is 0.959. The van der Waals surface area contributed by atoms with Gasteiger partial charge < -0.3 is 4.90 Å². The Hall–Kier alpha value is -0.830. The van der Waals surface area contributed by atoms with Gasteiger partial charge in [-0.3, -0.25) is 4.79 Å². The largest absolute Gasteiger partial charge is 0.338 e. The molecule has 1 aliphatic rings. The predicted molar refractivity (Wildman–Crippen MR) is 63.8 cm³/mol. The summed E-state index contributed by atoms with van der Waals surface area (Å²) in [5.41, 5.74) is 0.776. The molecule has 80 valence electrons. The van der Waals surface area contributed by atoms with E-state index in [2.05, 4.69) is 22.9 Å². The number of hydrogen-bond acceptors (Lipinski definition) is 1. The summed E-state index contributed by atoms with van der Waals surface area (Å²) in [6.45, 7) is 3.98. The van der Waals surface area contributed by atoms with Gasteiger partial charge in [0.15, 0.2) is 0 Å². The lowest BCUT2D eigenvalue weighted by molar-refractivity contribution is 0.0788. The molecule has 15 heavy (non-hydrogen) atoms. The summed E-state index contributed by atoms with van der Waals surface area (Å²) in [5.74, 6) is 0.793. The number of hydrogen-bond donors (Lipinski definition) is 0. The number of benzene rings is 1. The summed E-state index contributed by atoms with van der Waals surface area (Å²) >= 11 is 3.38. The van der Waals surface area contributed by atoms with Crippen LogP contribution in [0.2, 0.25) is 0 Å². The van der Waals surface area contributed by atoms with E-state index in [4.69, 9.17) is 0 Å². The van der Waals surface area contributed by atoms with Gasteiger partial charge in [-0.05, 0) is 30.5 Å². The van der Waals surface area contributed by atoms with Gasteiger partial charge in [0.1, 0.15) is 0 Å². The summed E-state index contributed by atoms with van der Waals surface area (Å²) in [5, 5.41) is 0. The van der Waals surface area contributed by atoms with Crippen molar-refractivity contribution in [3.05, 3.63) is 34.3 Å². The average molecular weight is 268 g/mol. The van der Waals surface area contributed by atoms with Crippen molar-refractivity contribution in [3.63, 3.8) is 0 Å². The van der Waals surface area contributed by atoms with E-state index in [1.165, 1.54) is 0 Å². The Morgan fingerprint density at radius 2 is 2.33 bits per heavy atom. The smallest absolute Gasteiger partial charge is 0.253 e. The van der Waals surface area contributed by atoms with Gasteiger partial charge in [-0.1, -0.05) is 28.9 Å². The third-order valence-electron chi connectivity index (χ3n) is 2.78. The molecule has 2 rings (SSSR count). The first-order valence-electron chi connectivity index (χ1n) is 5.21. The molecule has 0 aromatic heterocycles. The highest BCUT2D eigenvalue weighted by atomic mass is 79.9. The van der Waals surface area contributed by atoms with Gasteiger partial charge in [-0.15, -0.1) is 0 Å². The third kappa shape index (κ3) is 2.40. The van der Waals surface area contributed by atoms with E-state index in [9.17, 15) is 4.79 Å². The van der Waals surface area contributed by atoms with E-state index < -0.39 is 0 Å². The molecule has 0 bridgehead atoms. The van der Waals surface area contributed by atoms with Crippen LogP contribution in [-0.4, -0.2) is 23.9 Å². The van der Waals surface area contributed by atoms with E-state index in [1.54, 1.807) is 0 Å². The molecule has 2 nitrogen and oxygen atoms in total. The van der Waals surface area contributed by atoms with Crippen LogP contribution in [0.3, 0.4) is 0 Å². The van der Waals surface area contributed by atoms with Crippen LogP contribution < -0.4 is 0 Å². The normalized spacial score (nSPS) is 20.7. The first-order valence-corrected chi connectivity index (χ1v) is 6.01. The zero-order chi connectivity index (χ0) is 10.8. The molecule has 1 fully saturated rings. The predicted octanol–water partition coefficient (Wildman–Crippen LogP) is 2.93. The van der Waals surface area contributed by atoms with Crippen molar-refractivity contribution in [2.75, 3.05) is 13.1 Å². The lowest BCUT2D eigenvalue weighted by Crippen LogP contribution is -2.28. The van der Waals surface area contributed by atoms with Gasteiger partial charge in [0.25, 0.3) is 5.91 Å². The van der Waals surface area contributed by atoms with Crippen LogP contribution in [0.15, 0.2) is 28.7 Å². The maximum atomic E-state index is 12.0. The molecule has 0 aliphatic carbocycles. The Bertz CT molecular complexity index is 378. The lowest BCUT2D eigenvalue weighted by atomic mass is 10.2. The second-order valence-electron chi connectivity index (χ2n) is 4.16. The summed E-state index contributed by atoms with van der Waals surface area (Å²) in [6, 6.07) is 7.58. The van der Waals surface area contributed by atoms with Gasteiger partial charge >= 0.3 is 0 Å². The van der Waals surface area contributed by atoms with Gasteiger partial charge in [-0.25, -0.2) is 0 Å². The van der Waals surface area contributed by atoms with Crippen molar-refractivity contribution in [2.24, 2.45) is 5.92 Å². The van der Waals surface area contributed by atoms with Gasteiger partial charge in [0, 0.05) is 23.1 Å². The van der Waals surface area contributed by atoms with E-state index in [-0.39, 0.29) is 5.91 Å². The fourth-order valence-electron chi connectivity index (χ4n) is 1.92. The molecule has 1 aliphatic heterocycles. The molecule has 1 aromatic carbocycles. The minimum Gasteiger partial charge on any atom is -0.338 e. The van der Waals surface area contributed by atoms with Gasteiger partial charge in [0.05, 0.1) is 0 Å². The molecule has 1 amide bonds. The number of rotatable bonds is 1. The monoisotopic (exact) mass is 267 g/mol. The topological polar surface area (TPSA) is 20.3 Å². The average Bonchev–Trinajstić information content (AvgIpc) is 2.64. The Morgan fingerprint density at radius 3 is 2.93 bits per heavy atom. The van der Waals surface area contributed by atoms with Crippen molar-refractivity contribution >= 4 is 21.8 Å². The Balaban J connectivity index is 2.14. The molecule has 1 unspecified atom stereocenters. The highest BCUT2D eigenvalue weighted by molar-refractivity contribution is 9.10. The molecule has 3 heteroatoms. The van der Waals surface area contributed by atoms with Crippen LogP contribution in [0.25, 0.3) is 0 Å². The molecule has 1 saturated heterocycles. The van der Waals surface area contributed by atoms with E-state index in [0.717, 1.165) is 29.5 Å². The highest BCUT2D eigenvalue weighted by Crippen LogP contribution is 2.19. The van der Waals surface area contributed by atoms with Gasteiger partial charge in [0.2, 0.25) is 0 Å². The summed E-state index contributed by atoms with van der Waals surface area (Å²) in [4.78, 5) is 14.0. The minimum absolute atomic E-state index is 0.153. The first-order chi connectivity index (χ1) is 7.16. The number of likely N-dealkylation sites (tertiary alicyclic amines) is 1. The van der Waals surface area contributed by atoms with Crippen LogP contribution in [0, 0.1) is 5.92 Å². The number of nitrogens with zero attached hydrogens (tertiary/aromatic N) is 1. The molecule has 0 radical (unpaired) electrons. The molecular formula is C12H14BrNO. The maximum absolute atomic E-state index is 12.0. The quantitative estimate of drug-likeness (QED) is 0.766. The number of carbonyl (C=O) groups is 1. The molecule has 0 spiro atoms. The highest BCUT2D eigenvalue weighted by Gasteiger charge is 2.23. The third-order valence-corrected chi connectivity index (χ3v) is 3.28. The van der Waals surface area contributed by atoms with Crippen molar-refractivity contribution in [2.45, 2.75) is 13.3 Å². The summed E-state index contributed by atoms with van der Waals surface area (Å²) in [7, 11) is 0. The number of halogens is 1. The second-order valence-corrected chi connectivity index (χ2v) is 5.07. The Morgan fingerprint density at radius 1 is 1.53 bits per heavy atom. The zero-order valence-corrected chi connectivity index (χ0v) is 10.3. The molecule has 1 heterocycles. The lowest BCUT2D eigenvalue weighted by Gasteiger charge is -2.15. The Kier molecular flexibility index (Phi) is 3.10. The molecule has 1 aromatic rings. The molecular weight excluding hydrogens is 254 g/mol. The van der Waals surface area contributed by atoms with Crippen molar-refractivity contribution < 1.29 is 4.79 Å².